The van der Waals surface area contributed by atoms with Crippen LogP contribution in [0.1, 0.15) is 39.0 Å². The molecule has 1 aliphatic carbocycles. The highest BCUT2D eigenvalue weighted by Gasteiger charge is 2.28. The Morgan fingerprint density at radius 1 is 1.31 bits per heavy atom. The van der Waals surface area contributed by atoms with Gasteiger partial charge in [-0.1, -0.05) is 19.3 Å². The minimum Gasteiger partial charge on any atom is -0.211 e. The minimum absolute atomic E-state index is 0.0281. The average Bonchev–Trinajstić information content (AvgIpc) is 2.18. The Balaban J connectivity index is 2.60. The molecule has 0 N–H and O–H groups in total. The molecule has 3 nitrogen and oxygen atoms in total. The van der Waals surface area contributed by atoms with Gasteiger partial charge < -0.3 is 0 Å². The van der Waals surface area contributed by atoms with Gasteiger partial charge in [-0.15, -0.1) is 3.82 Å². The zero-order valence-corrected chi connectivity index (χ0v) is 9.44. The molecule has 0 saturated heterocycles. The molecule has 0 unspecified atom stereocenters. The Morgan fingerprint density at radius 2 is 1.85 bits per heavy atom. The zero-order valence-electron chi connectivity index (χ0n) is 7.87. The molecule has 5 heteroatoms. The van der Waals surface area contributed by atoms with Crippen LogP contribution in [-0.2, 0) is 10.0 Å². The molecule has 0 atom stereocenters. The second-order valence-corrected chi connectivity index (χ2v) is 6.13. The van der Waals surface area contributed by atoms with Crippen molar-refractivity contribution in [3.63, 3.8) is 0 Å². The fourth-order valence-corrected chi connectivity index (χ4v) is 3.03. The van der Waals surface area contributed by atoms with E-state index in [2.05, 4.69) is 0 Å². The van der Waals surface area contributed by atoms with Crippen LogP contribution in [0.25, 0.3) is 0 Å². The summed E-state index contributed by atoms with van der Waals surface area (Å²) in [6, 6.07) is 0.0281. The summed E-state index contributed by atoms with van der Waals surface area (Å²) in [5.41, 5.74) is 0. The van der Waals surface area contributed by atoms with E-state index in [0.29, 0.717) is 0 Å². The first kappa shape index (κ1) is 11.3. The van der Waals surface area contributed by atoms with Gasteiger partial charge >= 0.3 is 0 Å². The molecule has 1 fully saturated rings. The van der Waals surface area contributed by atoms with Gasteiger partial charge in [0.2, 0.25) is 10.0 Å². The van der Waals surface area contributed by atoms with Crippen LogP contribution in [0.3, 0.4) is 0 Å². The van der Waals surface area contributed by atoms with Crippen molar-refractivity contribution >= 4 is 21.8 Å². The topological polar surface area (TPSA) is 37.4 Å². The van der Waals surface area contributed by atoms with Crippen LogP contribution < -0.4 is 0 Å². The largest absolute Gasteiger partial charge is 0.227 e. The fraction of sp³-hybridized carbons (Fsp3) is 1.00. The minimum atomic E-state index is -3.20. The lowest BCUT2D eigenvalue weighted by Gasteiger charge is -2.27. The molecule has 0 radical (unpaired) electrons. The van der Waals surface area contributed by atoms with Gasteiger partial charge in [-0.05, 0) is 31.5 Å². The van der Waals surface area contributed by atoms with E-state index in [1.165, 1.54) is 6.42 Å². The van der Waals surface area contributed by atoms with E-state index in [0.717, 1.165) is 29.5 Å². The normalized spacial score (nSPS) is 20.8. The van der Waals surface area contributed by atoms with Crippen LogP contribution in [-0.4, -0.2) is 24.0 Å². The van der Waals surface area contributed by atoms with Crippen LogP contribution >= 0.6 is 11.8 Å². The molecule has 13 heavy (non-hydrogen) atoms. The monoisotopic (exact) mass is 225 g/mol. The van der Waals surface area contributed by atoms with E-state index in [-0.39, 0.29) is 11.8 Å². The van der Waals surface area contributed by atoms with Gasteiger partial charge in [-0.2, -0.15) is 0 Å². The summed E-state index contributed by atoms with van der Waals surface area (Å²) in [4.78, 5) is 0. The van der Waals surface area contributed by atoms with Crippen molar-refractivity contribution in [1.29, 1.82) is 0 Å². The van der Waals surface area contributed by atoms with Gasteiger partial charge in [0.1, 0.15) is 0 Å². The number of halogens is 1. The van der Waals surface area contributed by atoms with Gasteiger partial charge in [-0.3, -0.25) is 0 Å². The van der Waals surface area contributed by atoms with Crippen molar-refractivity contribution < 1.29 is 8.42 Å². The lowest BCUT2D eigenvalue weighted by molar-refractivity contribution is 0.339. The summed E-state index contributed by atoms with van der Waals surface area (Å²) in [6.45, 7) is 1.62. The van der Waals surface area contributed by atoms with Crippen LogP contribution in [0.2, 0.25) is 0 Å². The number of hydrogen-bond acceptors (Lipinski definition) is 2. The molecule has 0 spiro atoms. The Kier molecular flexibility index (Phi) is 4.01. The number of rotatable bonds is 3. The maximum Gasteiger partial charge on any atom is 0.227 e. The summed E-state index contributed by atoms with van der Waals surface area (Å²) in [7, 11) is -3.20. The van der Waals surface area contributed by atoms with E-state index >= 15 is 0 Å². The highest BCUT2D eigenvalue weighted by atomic mass is 35.5. The van der Waals surface area contributed by atoms with Gasteiger partial charge in [0.15, 0.2) is 0 Å². The van der Waals surface area contributed by atoms with Crippen LogP contribution in [0.5, 0.6) is 0 Å². The zero-order chi connectivity index (χ0) is 9.90. The third kappa shape index (κ3) is 2.82. The molecule has 78 valence electrons. The maximum absolute atomic E-state index is 11.4. The van der Waals surface area contributed by atoms with E-state index < -0.39 is 10.0 Å². The molecule has 0 aromatic heterocycles. The first-order chi connectivity index (χ1) is 6.08. The predicted octanol–water partition coefficient (Wildman–Crippen LogP) is 2.12. The fourth-order valence-electron chi connectivity index (χ4n) is 1.63. The molecule has 0 aromatic carbocycles. The molecule has 1 aliphatic rings. The van der Waals surface area contributed by atoms with Crippen molar-refractivity contribution in [3.8, 4) is 0 Å². The standard InChI is InChI=1S/C8H16ClNO2S/c1-2-13(11,12)10(9)8-6-4-3-5-7-8/h8H,2-7H2,1H3. The third-order valence-corrected chi connectivity index (χ3v) is 4.96. The summed E-state index contributed by atoms with van der Waals surface area (Å²) >= 11 is 5.80. The summed E-state index contributed by atoms with van der Waals surface area (Å²) < 4.78 is 23.8. The molecular weight excluding hydrogens is 210 g/mol. The van der Waals surface area contributed by atoms with Gasteiger partial charge in [-0.25, -0.2) is 8.42 Å². The quantitative estimate of drug-likeness (QED) is 0.690. The Bertz CT molecular complexity index is 247. The first-order valence-electron chi connectivity index (χ1n) is 4.76. The number of sulfonamides is 1. The number of hydrogen-bond donors (Lipinski definition) is 0. The Morgan fingerprint density at radius 3 is 2.31 bits per heavy atom. The van der Waals surface area contributed by atoms with Crippen molar-refractivity contribution in [2.45, 2.75) is 45.1 Å². The molecular formula is C8H16ClNO2S. The highest BCUT2D eigenvalue weighted by molar-refractivity contribution is 7.89. The van der Waals surface area contributed by atoms with E-state index in [1.54, 1.807) is 6.92 Å². The molecule has 0 aromatic rings. The van der Waals surface area contributed by atoms with Crippen LogP contribution in [0, 0.1) is 0 Å². The van der Waals surface area contributed by atoms with Crippen molar-refractivity contribution in [2.75, 3.05) is 5.75 Å². The summed E-state index contributed by atoms with van der Waals surface area (Å²) in [5, 5.41) is 0. The molecule has 0 bridgehead atoms. The summed E-state index contributed by atoms with van der Waals surface area (Å²) in [6.07, 6.45) is 5.19. The van der Waals surface area contributed by atoms with E-state index in [1.807, 2.05) is 0 Å². The van der Waals surface area contributed by atoms with Crippen molar-refractivity contribution in [1.82, 2.24) is 3.82 Å². The second-order valence-electron chi connectivity index (χ2n) is 3.43. The van der Waals surface area contributed by atoms with Gasteiger partial charge in [0, 0.05) is 6.04 Å². The second kappa shape index (κ2) is 4.62. The lowest BCUT2D eigenvalue weighted by atomic mass is 9.96. The lowest BCUT2D eigenvalue weighted by Crippen LogP contribution is -2.35. The number of nitrogens with zero attached hydrogens (tertiary/aromatic N) is 1. The first-order valence-corrected chi connectivity index (χ1v) is 6.70. The smallest absolute Gasteiger partial charge is 0.211 e. The molecule has 1 saturated carbocycles. The SMILES string of the molecule is CCS(=O)(=O)N(Cl)C1CCCCC1. The van der Waals surface area contributed by atoms with Crippen molar-refractivity contribution in [2.24, 2.45) is 0 Å². The highest BCUT2D eigenvalue weighted by Crippen LogP contribution is 2.26. The maximum atomic E-state index is 11.4. The average molecular weight is 226 g/mol. The summed E-state index contributed by atoms with van der Waals surface area (Å²) in [5.74, 6) is 0.0903. The molecule has 0 amide bonds. The Hall–Kier alpha value is 0.200. The molecule has 0 heterocycles. The molecule has 0 aliphatic heterocycles. The predicted molar refractivity (Wildman–Crippen MR) is 54.0 cm³/mol. The van der Waals surface area contributed by atoms with Crippen LogP contribution in [0.4, 0.5) is 0 Å². The molecule has 1 rings (SSSR count). The van der Waals surface area contributed by atoms with E-state index in [4.69, 9.17) is 11.8 Å². The van der Waals surface area contributed by atoms with Crippen molar-refractivity contribution in [3.05, 3.63) is 0 Å². The van der Waals surface area contributed by atoms with Gasteiger partial charge in [0.25, 0.3) is 0 Å². The third-order valence-electron chi connectivity index (χ3n) is 2.49. The van der Waals surface area contributed by atoms with Crippen LogP contribution in [0.15, 0.2) is 0 Å². The Labute approximate surface area is 85.2 Å². The van der Waals surface area contributed by atoms with E-state index in [9.17, 15) is 8.42 Å². The van der Waals surface area contributed by atoms with Gasteiger partial charge in [0.05, 0.1) is 5.75 Å².